The lowest BCUT2D eigenvalue weighted by Gasteiger charge is -2.32. The third-order valence-corrected chi connectivity index (χ3v) is 26.4. The van der Waals surface area contributed by atoms with E-state index in [9.17, 15) is 72.9 Å². The molecule has 47 heteroatoms. The third-order valence-electron chi connectivity index (χ3n) is 25.4. The fourth-order valence-corrected chi connectivity index (χ4v) is 17.9. The highest BCUT2D eigenvalue weighted by molar-refractivity contribution is 8.00. The van der Waals surface area contributed by atoms with E-state index in [1.54, 1.807) is 83.1 Å². The van der Waals surface area contributed by atoms with Crippen LogP contribution in [0.2, 0.25) is 0 Å². The molecule has 1 saturated carbocycles. The Morgan fingerprint density at radius 2 is 0.987 bits per heavy atom. The number of hydrogen-bond donors (Lipinski definition) is 23. The molecule has 0 spiro atoms. The van der Waals surface area contributed by atoms with Crippen LogP contribution in [0.3, 0.4) is 0 Å². The maximum atomic E-state index is 15.8. The van der Waals surface area contributed by atoms with E-state index in [4.69, 9.17) is 33.4 Å². The second-order valence-corrected chi connectivity index (χ2v) is 39.2. The highest BCUT2D eigenvalue weighted by Crippen LogP contribution is 2.29. The van der Waals surface area contributed by atoms with Gasteiger partial charge >= 0.3 is 17.9 Å². The molecule has 812 valence electrons. The van der Waals surface area contributed by atoms with Gasteiger partial charge in [-0.1, -0.05) is 168 Å². The highest BCUT2D eigenvalue weighted by Gasteiger charge is 2.42. The summed E-state index contributed by atoms with van der Waals surface area (Å²) in [5, 5.41) is 67.0. The number of likely N-dealkylation sites (N-methyl/N-ethyl adjacent to an activating group) is 1. The summed E-state index contributed by atoms with van der Waals surface area (Å²) >= 11 is 0.709. The van der Waals surface area contributed by atoms with Crippen LogP contribution in [-0.4, -0.2) is 284 Å². The number of rotatable bonds is 35. The number of aromatic amines is 1. The Kier molecular flexibility index (Phi) is 48.2. The van der Waals surface area contributed by atoms with Crippen LogP contribution in [0.25, 0.3) is 11.1 Å². The standard InChI is InChI=1S/C103H140N22O24S/c1-56(2)42-74-92(136)113-72(38-41-106)91(135)117-78(44-60-17-10-8-11-18-60)99(143)124-87(57(3)4)101(145)114-71(22-15-39-104)90(134)123-82(100(144)112-70(37-40-105)88(108)132)53-150-54-84(127)111-80(49-68-51-109-55-110-68)97(141)120-77(47-63-27-33-69(34-28-63)149-52-86(130)131)95(139)122-81(50-85(128)129)98(142)121-79(48-64-19-14-16-58(5)43-64)96(140)119-76(46-62-25-31-67(32-26-62)103(147)148)94(138)118-75(45-61-23-29-66(30-24-61)65-20-12-9-13-21-65)93(137)115-73(35-36-83(107)126)102(146)125(7)59(6)89(133)116-74/h9,12-14,16,19-21,23-34,43,51,55-57,59-60,70-82,87H,8,10-11,15,17-18,22,35-42,44-50,52-54,104-106H2,1-7H3,(H2,107,126)(H2,108,132)(H,109,110)(H,111,127)(H,112,144)(H,113,136)(H,114,145)(H,115,137)(H,116,133)(H,117,135)(H,118,138)(H,119,140)(H,120,141)(H,121,142)(H,122,139)(H,123,134)(H,124,143)(H,128,129)(H,130,131)(H,147,148)/t59-,70-,71-,72-,73-,74+,75-,76-,77-,78-,79-,80-,81-,82-,87-/m0/s1. The number of carbonyl (C=O) groups is 20. The van der Waals surface area contributed by atoms with Crippen LogP contribution in [0.15, 0.2) is 140 Å². The number of benzene rings is 5. The number of carboxylic acid groups (broad SMARTS) is 3. The number of nitrogens with zero attached hydrogens (tertiary/aromatic N) is 2. The number of thioether (sulfide) groups is 1. The second kappa shape index (κ2) is 60.3. The number of primary amides is 2. The molecule has 15 atom stereocenters. The van der Waals surface area contributed by atoms with Gasteiger partial charge in [-0.15, -0.1) is 11.8 Å². The number of nitrogens with one attached hydrogen (secondary N) is 15. The molecular formula is C103H140N22O24S. The SMILES string of the molecule is Cc1cccc(C[C@@H]2NC(=O)[C@H](CC(=O)O)NC(=O)[C@H](Cc3ccc(OCC(=O)O)cc3)NC(=O)[C@H](Cc3cnc[nH]3)NC(=O)CSC[C@@H](C(=O)N[C@@H](CCN)C(N)=O)NC(=O)[C@H](CCCN)NC(=O)[C@H](C(C)C)NC(=O)[C@H](CC3CCCCC3)NC(=O)[C@H](CCN)NC(=O)[C@@H](CC(C)C)NC(=O)[C@H](C)N(C)C(=O)[C@H](CCC(N)=O)NC(=O)[C@H](Cc3ccc(-c4ccccc4)cc3)NC(=O)[C@H](Cc3ccc(C(=O)O)cc3)NC2=O)c1. The molecule has 150 heavy (non-hydrogen) atoms. The normalized spacial score (nSPS) is 22.8. The van der Waals surface area contributed by atoms with E-state index in [1.807, 2.05) is 30.3 Å². The zero-order valence-electron chi connectivity index (χ0n) is 85.0. The van der Waals surface area contributed by atoms with Gasteiger partial charge in [-0.25, -0.2) is 14.6 Å². The minimum atomic E-state index is -2.18. The van der Waals surface area contributed by atoms with Crippen LogP contribution in [0.4, 0.5) is 0 Å². The summed E-state index contributed by atoms with van der Waals surface area (Å²) in [4.78, 5) is 297. The quantitative estimate of drug-likeness (QED) is 0.0222. The van der Waals surface area contributed by atoms with Gasteiger partial charge in [-0.05, 0) is 154 Å². The summed E-state index contributed by atoms with van der Waals surface area (Å²) in [6, 6.07) is 7.89. The Balaban J connectivity index is 1.26. The first-order valence-electron chi connectivity index (χ1n) is 49.8. The van der Waals surface area contributed by atoms with Crippen LogP contribution in [0.5, 0.6) is 5.75 Å². The minimum Gasteiger partial charge on any atom is -0.482 e. The number of aromatic carboxylic acids is 1. The Morgan fingerprint density at radius 1 is 0.493 bits per heavy atom. The molecule has 46 nitrogen and oxygen atoms in total. The van der Waals surface area contributed by atoms with Crippen LogP contribution in [0, 0.1) is 24.7 Å². The van der Waals surface area contributed by atoms with Gasteiger partial charge in [-0.2, -0.15) is 0 Å². The second-order valence-electron chi connectivity index (χ2n) is 38.2. The molecule has 17 amide bonds. The molecule has 2 aliphatic rings. The topological polar surface area (TPSA) is 742 Å². The molecule has 1 aliphatic carbocycles. The number of aliphatic carboxylic acids is 2. The molecule has 2 heterocycles. The molecule has 2 fully saturated rings. The zero-order valence-corrected chi connectivity index (χ0v) is 85.8. The number of H-pyrrole nitrogens is 1. The number of amides is 17. The average Bonchev–Trinajstić information content (AvgIpc) is 1.04. The van der Waals surface area contributed by atoms with Crippen LogP contribution >= 0.6 is 11.8 Å². The first kappa shape index (κ1) is 120. The third kappa shape index (κ3) is 39.4. The van der Waals surface area contributed by atoms with Crippen molar-refractivity contribution in [3.63, 3.8) is 0 Å². The number of imidazole rings is 1. The molecule has 1 saturated heterocycles. The van der Waals surface area contributed by atoms with Crippen molar-refractivity contribution in [1.82, 2.24) is 89.3 Å². The maximum Gasteiger partial charge on any atom is 0.341 e. The predicted molar refractivity (Wildman–Crippen MR) is 551 cm³/mol. The fraction of sp³-hybridized carbons (Fsp3) is 0.485. The van der Waals surface area contributed by atoms with Crippen LogP contribution in [0.1, 0.15) is 168 Å². The lowest BCUT2D eigenvalue weighted by molar-refractivity contribution is -0.143. The van der Waals surface area contributed by atoms with E-state index >= 15 is 38.4 Å². The number of hydrogen-bond acceptors (Lipinski definition) is 26. The van der Waals surface area contributed by atoms with Crippen molar-refractivity contribution in [1.29, 1.82) is 0 Å². The average molecular weight is 2100 g/mol. The van der Waals surface area contributed by atoms with Gasteiger partial charge in [0, 0.05) is 63.2 Å². The van der Waals surface area contributed by atoms with E-state index < -0.39 is 284 Å². The van der Waals surface area contributed by atoms with Crippen molar-refractivity contribution in [3.8, 4) is 16.9 Å². The van der Waals surface area contributed by atoms with Crippen molar-refractivity contribution in [2.24, 2.45) is 46.4 Å². The minimum absolute atomic E-state index is 0.0341. The van der Waals surface area contributed by atoms with Crippen LogP contribution in [-0.2, 0) is 123 Å². The first-order chi connectivity index (χ1) is 71.4. The highest BCUT2D eigenvalue weighted by atomic mass is 32.2. The van der Waals surface area contributed by atoms with Gasteiger partial charge in [0.1, 0.15) is 96.4 Å². The molecule has 0 radical (unpaired) electrons. The van der Waals surface area contributed by atoms with Gasteiger partial charge in [-0.3, -0.25) is 86.3 Å². The van der Waals surface area contributed by atoms with Crippen molar-refractivity contribution in [3.05, 3.63) is 179 Å². The summed E-state index contributed by atoms with van der Waals surface area (Å²) in [5.41, 5.74) is 32.7. The summed E-state index contributed by atoms with van der Waals surface area (Å²) < 4.78 is 5.34. The Hall–Kier alpha value is -15.3. The van der Waals surface area contributed by atoms with E-state index in [0.717, 1.165) is 35.3 Å². The zero-order chi connectivity index (χ0) is 110. The molecule has 5 aromatic carbocycles. The Bertz CT molecular complexity index is 5640. The largest absolute Gasteiger partial charge is 0.482 e. The molecule has 0 unspecified atom stereocenters. The number of carbonyl (C=O) groups excluding carboxylic acids is 17. The van der Waals surface area contributed by atoms with E-state index in [1.165, 1.54) is 75.0 Å². The summed E-state index contributed by atoms with van der Waals surface area (Å²) in [6.07, 6.45) is 1.05. The van der Waals surface area contributed by atoms with Gasteiger partial charge in [0.15, 0.2) is 6.61 Å². The van der Waals surface area contributed by atoms with Crippen molar-refractivity contribution < 1.29 is 116 Å². The maximum absolute atomic E-state index is 15.8. The van der Waals surface area contributed by atoms with Crippen molar-refractivity contribution in [2.45, 2.75) is 254 Å². The first-order valence-corrected chi connectivity index (χ1v) is 51.0. The van der Waals surface area contributed by atoms with Gasteiger partial charge < -0.3 is 133 Å². The summed E-state index contributed by atoms with van der Waals surface area (Å²) in [6.45, 7) is 8.46. The smallest absolute Gasteiger partial charge is 0.341 e. The number of aryl methyl sites for hydroxylation is 1. The van der Waals surface area contributed by atoms with E-state index in [2.05, 4.69) is 84.4 Å². The number of aromatic nitrogens is 2. The molecule has 8 rings (SSSR count). The van der Waals surface area contributed by atoms with E-state index in [-0.39, 0.29) is 98.1 Å². The van der Waals surface area contributed by atoms with Crippen molar-refractivity contribution in [2.75, 3.05) is 44.8 Å². The molecule has 1 aromatic heterocycles. The van der Waals surface area contributed by atoms with Gasteiger partial charge in [0.05, 0.1) is 24.1 Å². The molecule has 6 aromatic rings. The Labute approximate surface area is 872 Å². The monoisotopic (exact) mass is 2100 g/mol. The Morgan fingerprint density at radius 3 is 1.51 bits per heavy atom. The lowest BCUT2D eigenvalue weighted by Crippen LogP contribution is -2.62. The van der Waals surface area contributed by atoms with E-state index in [0.29, 0.717) is 41.3 Å². The molecule has 0 bridgehead atoms. The summed E-state index contributed by atoms with van der Waals surface area (Å²) in [7, 11) is 1.19. The van der Waals surface area contributed by atoms with Gasteiger partial charge in [0.2, 0.25) is 100 Å². The van der Waals surface area contributed by atoms with Gasteiger partial charge in [0.25, 0.3) is 0 Å². The van der Waals surface area contributed by atoms with Crippen LogP contribution < -0.4 is 108 Å². The number of ether oxygens (including phenoxy) is 1. The predicted octanol–water partition coefficient (Wildman–Crippen LogP) is -1.22. The fourth-order valence-electron chi connectivity index (χ4n) is 17.0. The number of carboxylic acids is 3. The summed E-state index contributed by atoms with van der Waals surface area (Å²) in [5.74, 6) is -24.4. The molecule has 28 N–H and O–H groups in total. The molecular weight excluding hydrogens is 1960 g/mol. The lowest BCUT2D eigenvalue weighted by atomic mass is 9.84. The molecule has 1 aliphatic heterocycles. The number of nitrogens with two attached hydrogens (primary N) is 5. The van der Waals surface area contributed by atoms with Crippen molar-refractivity contribution >= 4 is 130 Å².